The normalized spacial score (nSPS) is 13.0. The molecule has 0 amide bonds. The summed E-state index contributed by atoms with van der Waals surface area (Å²) < 4.78 is 11.0. The highest BCUT2D eigenvalue weighted by Crippen LogP contribution is 2.20. The second kappa shape index (κ2) is 6.64. The minimum atomic E-state index is 0.241. The largest absolute Gasteiger partial charge is 0.469 e. The van der Waals surface area contributed by atoms with Gasteiger partial charge < -0.3 is 14.5 Å². The van der Waals surface area contributed by atoms with Crippen LogP contribution in [0.15, 0.2) is 16.7 Å². The third-order valence-corrected chi connectivity index (χ3v) is 2.46. The second-order valence-corrected chi connectivity index (χ2v) is 3.57. The lowest BCUT2D eigenvalue weighted by Gasteiger charge is -2.16. The molecule has 1 atom stereocenters. The highest BCUT2D eigenvalue weighted by molar-refractivity contribution is 5.21. The lowest BCUT2D eigenvalue weighted by Crippen LogP contribution is -2.22. The van der Waals surface area contributed by atoms with E-state index < -0.39 is 0 Å². The van der Waals surface area contributed by atoms with Crippen molar-refractivity contribution in [3.05, 3.63) is 23.7 Å². The summed E-state index contributed by atoms with van der Waals surface area (Å²) in [6.07, 6.45) is 3.73. The fourth-order valence-corrected chi connectivity index (χ4v) is 1.62. The smallest absolute Gasteiger partial charge is 0.108 e. The molecule has 15 heavy (non-hydrogen) atoms. The third kappa shape index (κ3) is 3.36. The Labute approximate surface area is 91.8 Å². The average molecular weight is 211 g/mol. The summed E-state index contributed by atoms with van der Waals surface area (Å²) >= 11 is 0. The Kier molecular flexibility index (Phi) is 5.43. The van der Waals surface area contributed by atoms with E-state index in [1.807, 2.05) is 13.1 Å². The fourth-order valence-electron chi connectivity index (χ4n) is 1.62. The lowest BCUT2D eigenvalue weighted by molar-refractivity contribution is 0.113. The summed E-state index contributed by atoms with van der Waals surface area (Å²) in [7, 11) is 1.95. The zero-order valence-electron chi connectivity index (χ0n) is 9.88. The van der Waals surface area contributed by atoms with Crippen LogP contribution >= 0.6 is 0 Å². The molecule has 0 radical (unpaired) electrons. The third-order valence-electron chi connectivity index (χ3n) is 2.46. The molecule has 1 rings (SSSR count). The van der Waals surface area contributed by atoms with Gasteiger partial charge in [0.05, 0.1) is 18.9 Å². The molecule has 1 unspecified atom stereocenters. The summed E-state index contributed by atoms with van der Waals surface area (Å²) in [6.45, 7) is 5.74. The molecule has 3 heteroatoms. The highest BCUT2D eigenvalue weighted by Gasteiger charge is 2.15. The van der Waals surface area contributed by atoms with Crippen LogP contribution in [0.3, 0.4) is 0 Å². The van der Waals surface area contributed by atoms with Gasteiger partial charge in [0.15, 0.2) is 0 Å². The molecule has 1 aromatic rings. The maximum absolute atomic E-state index is 5.55. The molecular formula is C12H21NO2. The topological polar surface area (TPSA) is 34.4 Å². The number of aryl methyl sites for hydroxylation is 1. The first-order chi connectivity index (χ1) is 7.33. The zero-order chi connectivity index (χ0) is 11.1. The van der Waals surface area contributed by atoms with Crippen molar-refractivity contribution in [3.63, 3.8) is 0 Å². The number of rotatable bonds is 7. The molecule has 0 fully saturated rings. The van der Waals surface area contributed by atoms with Crippen molar-refractivity contribution in [1.82, 2.24) is 5.32 Å². The summed E-state index contributed by atoms with van der Waals surface area (Å²) in [6, 6.07) is 2.26. The Balaban J connectivity index is 2.57. The van der Waals surface area contributed by atoms with E-state index in [0.717, 1.165) is 25.2 Å². The van der Waals surface area contributed by atoms with E-state index in [-0.39, 0.29) is 6.04 Å². The van der Waals surface area contributed by atoms with Crippen LogP contribution in [0, 0.1) is 0 Å². The van der Waals surface area contributed by atoms with Gasteiger partial charge in [-0.25, -0.2) is 0 Å². The van der Waals surface area contributed by atoms with E-state index in [4.69, 9.17) is 9.15 Å². The van der Waals surface area contributed by atoms with Gasteiger partial charge in [0.25, 0.3) is 0 Å². The predicted octanol–water partition coefficient (Wildman–Crippen LogP) is 2.53. The van der Waals surface area contributed by atoms with Crippen LogP contribution in [0.5, 0.6) is 0 Å². The van der Waals surface area contributed by atoms with E-state index in [1.54, 1.807) is 6.26 Å². The van der Waals surface area contributed by atoms with E-state index in [1.165, 1.54) is 5.56 Å². The van der Waals surface area contributed by atoms with Gasteiger partial charge in [0.2, 0.25) is 0 Å². The van der Waals surface area contributed by atoms with Crippen molar-refractivity contribution in [2.75, 3.05) is 20.3 Å². The Morgan fingerprint density at radius 1 is 1.47 bits per heavy atom. The number of likely N-dealkylation sites (N-methyl/N-ethyl adjacent to an activating group) is 1. The first kappa shape index (κ1) is 12.3. The number of furan rings is 1. The predicted molar refractivity (Wildman–Crippen MR) is 61.0 cm³/mol. The van der Waals surface area contributed by atoms with Gasteiger partial charge >= 0.3 is 0 Å². The van der Waals surface area contributed by atoms with E-state index in [2.05, 4.69) is 19.2 Å². The molecule has 0 aromatic carbocycles. The van der Waals surface area contributed by atoms with Crippen LogP contribution in [0.1, 0.15) is 37.6 Å². The van der Waals surface area contributed by atoms with Gasteiger partial charge in [-0.15, -0.1) is 0 Å². The van der Waals surface area contributed by atoms with Gasteiger partial charge in [0.1, 0.15) is 5.76 Å². The van der Waals surface area contributed by atoms with Gasteiger partial charge in [0, 0.05) is 18.6 Å². The quantitative estimate of drug-likeness (QED) is 0.704. The Morgan fingerprint density at radius 3 is 2.87 bits per heavy atom. The maximum atomic E-state index is 5.55. The molecule has 0 aliphatic carbocycles. The monoisotopic (exact) mass is 211 g/mol. The first-order valence-electron chi connectivity index (χ1n) is 5.64. The first-order valence-corrected chi connectivity index (χ1v) is 5.64. The molecule has 1 aromatic heterocycles. The van der Waals surface area contributed by atoms with Crippen LogP contribution < -0.4 is 5.32 Å². The molecule has 1 heterocycles. The summed E-state index contributed by atoms with van der Waals surface area (Å²) in [4.78, 5) is 0. The number of hydrogen-bond donors (Lipinski definition) is 1. The minimum absolute atomic E-state index is 0.241. The van der Waals surface area contributed by atoms with Gasteiger partial charge in [-0.2, -0.15) is 0 Å². The van der Waals surface area contributed by atoms with Crippen molar-refractivity contribution >= 4 is 0 Å². The van der Waals surface area contributed by atoms with Crippen LogP contribution in [0.25, 0.3) is 0 Å². The SMILES string of the molecule is CCCOCC(NC)c1ccoc1CC. The summed E-state index contributed by atoms with van der Waals surface area (Å²) in [5, 5.41) is 3.25. The van der Waals surface area contributed by atoms with Gasteiger partial charge in [-0.1, -0.05) is 13.8 Å². The molecular weight excluding hydrogens is 190 g/mol. The molecule has 86 valence electrons. The molecule has 0 spiro atoms. The van der Waals surface area contributed by atoms with Gasteiger partial charge in [-0.05, 0) is 19.5 Å². The second-order valence-electron chi connectivity index (χ2n) is 3.57. The Morgan fingerprint density at radius 2 is 2.27 bits per heavy atom. The fraction of sp³-hybridized carbons (Fsp3) is 0.667. The van der Waals surface area contributed by atoms with Crippen LogP contribution in [0.2, 0.25) is 0 Å². The molecule has 0 aliphatic rings. The summed E-state index contributed by atoms with van der Waals surface area (Å²) in [5.41, 5.74) is 1.22. The van der Waals surface area contributed by atoms with Crippen LogP contribution in [-0.4, -0.2) is 20.3 Å². The molecule has 0 saturated carbocycles. The van der Waals surface area contributed by atoms with Crippen molar-refractivity contribution in [2.24, 2.45) is 0 Å². The minimum Gasteiger partial charge on any atom is -0.469 e. The summed E-state index contributed by atoms with van der Waals surface area (Å²) in [5.74, 6) is 1.05. The van der Waals surface area contributed by atoms with E-state index in [0.29, 0.717) is 6.61 Å². The molecule has 1 N–H and O–H groups in total. The van der Waals surface area contributed by atoms with E-state index in [9.17, 15) is 0 Å². The van der Waals surface area contributed by atoms with Crippen LogP contribution in [0.4, 0.5) is 0 Å². The van der Waals surface area contributed by atoms with Crippen molar-refractivity contribution in [3.8, 4) is 0 Å². The number of ether oxygens (including phenoxy) is 1. The Hall–Kier alpha value is -0.800. The molecule has 3 nitrogen and oxygen atoms in total. The van der Waals surface area contributed by atoms with Crippen molar-refractivity contribution in [2.45, 2.75) is 32.7 Å². The lowest BCUT2D eigenvalue weighted by atomic mass is 10.1. The highest BCUT2D eigenvalue weighted by atomic mass is 16.5. The molecule has 0 aliphatic heterocycles. The van der Waals surface area contributed by atoms with Crippen LogP contribution in [-0.2, 0) is 11.2 Å². The number of hydrogen-bond acceptors (Lipinski definition) is 3. The molecule has 0 bridgehead atoms. The van der Waals surface area contributed by atoms with E-state index >= 15 is 0 Å². The zero-order valence-corrected chi connectivity index (χ0v) is 9.88. The van der Waals surface area contributed by atoms with Gasteiger partial charge in [-0.3, -0.25) is 0 Å². The Bertz CT molecular complexity index is 270. The number of nitrogens with one attached hydrogen (secondary N) is 1. The van der Waals surface area contributed by atoms with Crippen molar-refractivity contribution < 1.29 is 9.15 Å². The average Bonchev–Trinajstić information content (AvgIpc) is 2.72. The van der Waals surface area contributed by atoms with Crippen molar-refractivity contribution in [1.29, 1.82) is 0 Å². The molecule has 0 saturated heterocycles. The maximum Gasteiger partial charge on any atom is 0.108 e. The standard InChI is InChI=1S/C12H21NO2/c1-4-7-14-9-11(13-3)10-6-8-15-12(10)5-2/h6,8,11,13H,4-5,7,9H2,1-3H3.